The second-order valence-corrected chi connectivity index (χ2v) is 16.2. The van der Waals surface area contributed by atoms with Gasteiger partial charge in [0.05, 0.1) is 25.2 Å². The molecule has 0 spiro atoms. The highest BCUT2D eigenvalue weighted by Crippen LogP contribution is 2.17. The number of aliphatic hydroxyl groups excluding tert-OH is 2. The fraction of sp³-hybridized carbons (Fsp3) is 0.667. The Morgan fingerprint density at radius 2 is 1.00 bits per heavy atom. The summed E-state index contributed by atoms with van der Waals surface area (Å²) in [6.45, 7) is 6.23. The smallest absolute Gasteiger partial charge is 0.306 e. The molecule has 342 valence electrons. The van der Waals surface area contributed by atoms with E-state index in [0.717, 1.165) is 96.3 Å². The molecule has 0 saturated carbocycles. The van der Waals surface area contributed by atoms with E-state index in [0.29, 0.717) is 19.3 Å². The number of amides is 1. The third-order valence-electron chi connectivity index (χ3n) is 10.5. The van der Waals surface area contributed by atoms with E-state index in [2.05, 4.69) is 86.8 Å². The van der Waals surface area contributed by atoms with Gasteiger partial charge in [0.15, 0.2) is 0 Å². The van der Waals surface area contributed by atoms with E-state index in [9.17, 15) is 19.8 Å². The Bertz CT molecular complexity index is 1210. The van der Waals surface area contributed by atoms with Crippen molar-refractivity contribution in [2.75, 3.05) is 6.61 Å². The van der Waals surface area contributed by atoms with E-state index in [4.69, 9.17) is 4.74 Å². The maximum absolute atomic E-state index is 13.2. The van der Waals surface area contributed by atoms with Gasteiger partial charge in [-0.1, -0.05) is 214 Å². The van der Waals surface area contributed by atoms with Crippen LogP contribution in [0.25, 0.3) is 0 Å². The highest BCUT2D eigenvalue weighted by Gasteiger charge is 2.24. The molecule has 0 aromatic carbocycles. The summed E-state index contributed by atoms with van der Waals surface area (Å²) in [6.07, 6.45) is 61.7. The molecule has 0 rings (SSSR count). The van der Waals surface area contributed by atoms with E-state index in [1.165, 1.54) is 64.2 Å². The molecule has 0 aliphatic rings. The van der Waals surface area contributed by atoms with E-state index in [1.807, 2.05) is 36.5 Å². The summed E-state index contributed by atoms with van der Waals surface area (Å²) in [5, 5.41) is 23.6. The van der Waals surface area contributed by atoms with Crippen LogP contribution >= 0.6 is 0 Å². The quantitative estimate of drug-likeness (QED) is 0.0246. The zero-order valence-electron chi connectivity index (χ0n) is 38.8. The van der Waals surface area contributed by atoms with Crippen molar-refractivity contribution in [1.82, 2.24) is 5.32 Å². The molecule has 6 heteroatoms. The van der Waals surface area contributed by atoms with Gasteiger partial charge in [0.2, 0.25) is 5.91 Å². The Kier molecular flexibility index (Phi) is 44.3. The normalized spacial score (nSPS) is 14.2. The van der Waals surface area contributed by atoms with Crippen molar-refractivity contribution in [2.45, 2.75) is 225 Å². The molecule has 6 nitrogen and oxygen atoms in total. The van der Waals surface area contributed by atoms with Crippen molar-refractivity contribution in [1.29, 1.82) is 0 Å². The van der Waals surface area contributed by atoms with Gasteiger partial charge in [-0.15, -0.1) is 0 Å². The van der Waals surface area contributed by atoms with Crippen LogP contribution in [0.3, 0.4) is 0 Å². The summed E-state index contributed by atoms with van der Waals surface area (Å²) in [6, 6.07) is -0.723. The molecule has 3 unspecified atom stereocenters. The summed E-state index contributed by atoms with van der Waals surface area (Å²) < 4.78 is 5.90. The summed E-state index contributed by atoms with van der Waals surface area (Å²) in [5.74, 6) is -0.541. The molecule has 0 saturated heterocycles. The lowest BCUT2D eigenvalue weighted by Crippen LogP contribution is -2.46. The molecule has 60 heavy (non-hydrogen) atoms. The first-order chi connectivity index (χ1) is 29.5. The molecule has 0 aromatic rings. The summed E-state index contributed by atoms with van der Waals surface area (Å²) in [4.78, 5) is 26.1. The van der Waals surface area contributed by atoms with Crippen molar-refractivity contribution in [3.63, 3.8) is 0 Å². The second kappa shape index (κ2) is 46.8. The molecule has 0 radical (unpaired) electrons. The average Bonchev–Trinajstić information content (AvgIpc) is 3.24. The van der Waals surface area contributed by atoms with Crippen molar-refractivity contribution in [2.24, 2.45) is 0 Å². The maximum Gasteiger partial charge on any atom is 0.306 e. The third kappa shape index (κ3) is 41.5. The van der Waals surface area contributed by atoms with Crippen LogP contribution in [-0.4, -0.2) is 46.9 Å². The SMILES string of the molecule is CC/C=C/C/C=C/C/C=C/CCCCCCCCC(=O)OC(CCCCC/C=C/C=C/C=C/C=C/C=C/CCC)CC(=O)NC(CO)C(O)CCCCCCCCCCC. The average molecular weight is 834 g/mol. The third-order valence-corrected chi connectivity index (χ3v) is 10.5. The van der Waals surface area contributed by atoms with Gasteiger partial charge in [-0.2, -0.15) is 0 Å². The fourth-order valence-corrected chi connectivity index (χ4v) is 6.83. The van der Waals surface area contributed by atoms with Crippen LogP contribution in [0.2, 0.25) is 0 Å². The Balaban J connectivity index is 4.73. The van der Waals surface area contributed by atoms with Crippen LogP contribution in [0, 0.1) is 0 Å². The fourth-order valence-electron chi connectivity index (χ4n) is 6.83. The zero-order chi connectivity index (χ0) is 43.8. The summed E-state index contributed by atoms with van der Waals surface area (Å²) in [5.41, 5.74) is 0. The number of hydrogen-bond donors (Lipinski definition) is 3. The van der Waals surface area contributed by atoms with Crippen LogP contribution in [0.1, 0.15) is 207 Å². The molecular weight excluding hydrogens is 743 g/mol. The topological polar surface area (TPSA) is 95.9 Å². The summed E-state index contributed by atoms with van der Waals surface area (Å²) in [7, 11) is 0. The van der Waals surface area contributed by atoms with Gasteiger partial charge < -0.3 is 20.3 Å². The van der Waals surface area contributed by atoms with Gasteiger partial charge in [-0.3, -0.25) is 9.59 Å². The number of nitrogens with one attached hydrogen (secondary N) is 1. The Hall–Kier alpha value is -3.22. The number of unbranched alkanes of at least 4 members (excludes halogenated alkanes) is 18. The van der Waals surface area contributed by atoms with Gasteiger partial charge in [-0.05, 0) is 77.0 Å². The highest BCUT2D eigenvalue weighted by molar-refractivity contribution is 5.77. The minimum Gasteiger partial charge on any atom is -0.462 e. The van der Waals surface area contributed by atoms with Gasteiger partial charge in [-0.25, -0.2) is 0 Å². The van der Waals surface area contributed by atoms with Gasteiger partial charge in [0, 0.05) is 6.42 Å². The molecule has 0 bridgehead atoms. The number of aliphatic hydroxyl groups is 2. The molecule has 0 heterocycles. The monoisotopic (exact) mass is 834 g/mol. The number of allylic oxidation sites excluding steroid dienone is 16. The molecule has 3 N–H and O–H groups in total. The number of ether oxygens (including phenoxy) is 1. The minimum atomic E-state index is -0.806. The number of esters is 1. The predicted molar refractivity (Wildman–Crippen MR) is 259 cm³/mol. The van der Waals surface area contributed by atoms with Crippen LogP contribution in [-0.2, 0) is 14.3 Å². The van der Waals surface area contributed by atoms with Crippen LogP contribution < -0.4 is 5.32 Å². The van der Waals surface area contributed by atoms with E-state index in [1.54, 1.807) is 0 Å². The van der Waals surface area contributed by atoms with Gasteiger partial charge in [0.1, 0.15) is 6.10 Å². The minimum absolute atomic E-state index is 0.0382. The first kappa shape index (κ1) is 56.8. The van der Waals surface area contributed by atoms with Crippen molar-refractivity contribution >= 4 is 11.9 Å². The van der Waals surface area contributed by atoms with E-state index >= 15 is 0 Å². The Labute approximate surface area is 369 Å². The lowest BCUT2D eigenvalue weighted by molar-refractivity contribution is -0.151. The predicted octanol–water partition coefficient (Wildman–Crippen LogP) is 14.6. The molecule has 1 amide bonds. The molecule has 0 fully saturated rings. The van der Waals surface area contributed by atoms with Crippen LogP contribution in [0.4, 0.5) is 0 Å². The highest BCUT2D eigenvalue weighted by atomic mass is 16.5. The number of hydrogen-bond acceptors (Lipinski definition) is 5. The Morgan fingerprint density at radius 1 is 0.517 bits per heavy atom. The number of carbonyl (C=O) groups excluding carboxylic acids is 2. The van der Waals surface area contributed by atoms with Crippen molar-refractivity contribution < 1.29 is 24.5 Å². The zero-order valence-corrected chi connectivity index (χ0v) is 38.8. The number of carbonyl (C=O) groups is 2. The number of rotatable bonds is 42. The van der Waals surface area contributed by atoms with Gasteiger partial charge >= 0.3 is 5.97 Å². The maximum atomic E-state index is 13.2. The Morgan fingerprint density at radius 3 is 1.60 bits per heavy atom. The largest absolute Gasteiger partial charge is 0.462 e. The van der Waals surface area contributed by atoms with Crippen LogP contribution in [0.15, 0.2) is 97.2 Å². The lowest BCUT2D eigenvalue weighted by Gasteiger charge is -2.24. The molecule has 0 aliphatic carbocycles. The van der Waals surface area contributed by atoms with Gasteiger partial charge in [0.25, 0.3) is 0 Å². The summed E-state index contributed by atoms with van der Waals surface area (Å²) >= 11 is 0. The first-order valence-electron chi connectivity index (χ1n) is 24.5. The standard InChI is InChI=1S/C54H91NO5/c1-4-7-10-13-16-19-21-23-25-27-29-31-34-36-39-42-45-50(48-53(58)55-51(49-56)52(57)46-43-40-37-33-18-15-12-9-6-3)60-54(59)47-44-41-38-35-32-30-28-26-24-22-20-17-14-11-8-5-2/h8,10-11,13,16-17,19-21,23-27,29,31,50-52,56-57H,4-7,9,12,14-15,18,22,28,30,32-49H2,1-3H3,(H,55,58)/b11-8+,13-10+,19-16+,20-17+,23-21+,26-24+,27-25+,31-29+. The van der Waals surface area contributed by atoms with E-state index in [-0.39, 0.29) is 24.9 Å². The molecule has 3 atom stereocenters. The van der Waals surface area contributed by atoms with Crippen LogP contribution in [0.5, 0.6) is 0 Å². The van der Waals surface area contributed by atoms with Crippen molar-refractivity contribution in [3.8, 4) is 0 Å². The lowest BCUT2D eigenvalue weighted by atomic mass is 10.0. The first-order valence-corrected chi connectivity index (χ1v) is 24.5. The molecule has 0 aromatic heterocycles. The molecular formula is C54H91NO5. The second-order valence-electron chi connectivity index (χ2n) is 16.2. The van der Waals surface area contributed by atoms with Crippen molar-refractivity contribution in [3.05, 3.63) is 97.2 Å². The van der Waals surface area contributed by atoms with E-state index < -0.39 is 18.2 Å². The molecule has 0 aliphatic heterocycles.